The lowest BCUT2D eigenvalue weighted by molar-refractivity contribution is -0.135. The zero-order valence-corrected chi connectivity index (χ0v) is 16.4. The van der Waals surface area contributed by atoms with Crippen LogP contribution in [0.15, 0.2) is 47.1 Å². The van der Waals surface area contributed by atoms with E-state index in [9.17, 15) is 14.4 Å². The Labute approximate surface area is 169 Å². The van der Waals surface area contributed by atoms with Gasteiger partial charge in [0.05, 0.1) is 18.7 Å². The molecule has 2 heterocycles. The number of nitrogens with zero attached hydrogens (tertiary/aromatic N) is 1. The van der Waals surface area contributed by atoms with Gasteiger partial charge in [-0.3, -0.25) is 14.4 Å². The van der Waals surface area contributed by atoms with E-state index in [-0.39, 0.29) is 42.0 Å². The normalized spacial score (nSPS) is 23.8. The number of amides is 3. The number of hydrogen-bond donors (Lipinski definition) is 2. The van der Waals surface area contributed by atoms with E-state index in [0.717, 1.165) is 31.2 Å². The fraction of sp³-hybridized carbons (Fsp3) is 0.409. The number of carbonyl (C=O) groups excluding carboxylic acids is 3. The maximum atomic E-state index is 13.2. The highest BCUT2D eigenvalue weighted by Gasteiger charge is 2.46. The van der Waals surface area contributed by atoms with E-state index in [2.05, 4.69) is 10.6 Å². The van der Waals surface area contributed by atoms with Gasteiger partial charge >= 0.3 is 0 Å². The summed E-state index contributed by atoms with van der Waals surface area (Å²) in [5, 5.41) is 5.87. The minimum atomic E-state index is -0.864. The van der Waals surface area contributed by atoms with Gasteiger partial charge in [-0.25, -0.2) is 0 Å². The van der Waals surface area contributed by atoms with Crippen LogP contribution in [0.3, 0.4) is 0 Å². The van der Waals surface area contributed by atoms with Crippen molar-refractivity contribution in [1.82, 2.24) is 10.2 Å². The molecule has 1 aromatic carbocycles. The lowest BCUT2D eigenvalue weighted by Gasteiger charge is -2.47. The van der Waals surface area contributed by atoms with E-state index in [4.69, 9.17) is 4.42 Å². The van der Waals surface area contributed by atoms with Gasteiger partial charge in [0.25, 0.3) is 5.91 Å². The number of hydrogen-bond acceptors (Lipinski definition) is 4. The number of anilines is 1. The molecule has 1 aromatic heterocycles. The molecule has 0 bridgehead atoms. The molecule has 7 nitrogen and oxygen atoms in total. The molecule has 29 heavy (non-hydrogen) atoms. The third-order valence-electron chi connectivity index (χ3n) is 5.70. The number of nitrogens with one attached hydrogen (secondary N) is 2. The van der Waals surface area contributed by atoms with Crippen LogP contribution in [0.25, 0.3) is 0 Å². The molecule has 2 aliphatic rings. The Morgan fingerprint density at radius 1 is 1.21 bits per heavy atom. The molecule has 1 aliphatic carbocycles. The van der Waals surface area contributed by atoms with Gasteiger partial charge in [-0.05, 0) is 49.6 Å². The zero-order chi connectivity index (χ0) is 20.4. The summed E-state index contributed by atoms with van der Waals surface area (Å²) < 4.78 is 5.30. The predicted octanol–water partition coefficient (Wildman–Crippen LogP) is 2.87. The molecule has 1 aliphatic heterocycles. The molecule has 2 fully saturated rings. The SMILES string of the molecule is Cc1cccc(NC(=O)C[C@@H]2C(=O)N[C@@H]3CCCC[C@H]3N2C(=O)c2ccco2)c1. The summed E-state index contributed by atoms with van der Waals surface area (Å²) in [6, 6.07) is 9.63. The molecule has 2 N–H and O–H groups in total. The minimum absolute atomic E-state index is 0.0775. The average Bonchev–Trinajstić information content (AvgIpc) is 3.23. The van der Waals surface area contributed by atoms with Crippen molar-refractivity contribution >= 4 is 23.4 Å². The highest BCUT2D eigenvalue weighted by Crippen LogP contribution is 2.31. The number of rotatable bonds is 4. The van der Waals surface area contributed by atoms with Crippen LogP contribution >= 0.6 is 0 Å². The van der Waals surface area contributed by atoms with Crippen LogP contribution in [-0.2, 0) is 9.59 Å². The van der Waals surface area contributed by atoms with E-state index in [1.165, 1.54) is 6.26 Å². The van der Waals surface area contributed by atoms with Gasteiger partial charge in [-0.2, -0.15) is 0 Å². The van der Waals surface area contributed by atoms with Crippen LogP contribution in [0.1, 0.15) is 48.2 Å². The Morgan fingerprint density at radius 2 is 2.03 bits per heavy atom. The van der Waals surface area contributed by atoms with E-state index in [1.54, 1.807) is 23.1 Å². The molecule has 4 rings (SSSR count). The van der Waals surface area contributed by atoms with Crippen LogP contribution in [0.4, 0.5) is 5.69 Å². The first kappa shape index (κ1) is 19.2. The topological polar surface area (TPSA) is 91.7 Å². The Balaban J connectivity index is 1.57. The van der Waals surface area contributed by atoms with Gasteiger partial charge in [0.1, 0.15) is 6.04 Å². The van der Waals surface area contributed by atoms with Crippen molar-refractivity contribution < 1.29 is 18.8 Å². The van der Waals surface area contributed by atoms with E-state index in [0.29, 0.717) is 5.69 Å². The number of benzene rings is 1. The van der Waals surface area contributed by atoms with Crippen LogP contribution in [0, 0.1) is 6.92 Å². The number of carbonyl (C=O) groups is 3. The monoisotopic (exact) mass is 395 g/mol. The van der Waals surface area contributed by atoms with Gasteiger partial charge < -0.3 is 20.0 Å². The van der Waals surface area contributed by atoms with Crippen molar-refractivity contribution in [2.75, 3.05) is 5.32 Å². The van der Waals surface area contributed by atoms with Crippen molar-refractivity contribution in [2.24, 2.45) is 0 Å². The van der Waals surface area contributed by atoms with Crippen LogP contribution in [0.2, 0.25) is 0 Å². The number of aryl methyl sites for hydroxylation is 1. The molecule has 0 unspecified atom stereocenters. The second-order valence-electron chi connectivity index (χ2n) is 7.79. The summed E-state index contributed by atoms with van der Waals surface area (Å²) in [6.45, 7) is 1.94. The Kier molecular flexibility index (Phi) is 5.38. The smallest absolute Gasteiger partial charge is 0.290 e. The molecule has 3 atom stereocenters. The van der Waals surface area contributed by atoms with Crippen molar-refractivity contribution in [1.29, 1.82) is 0 Å². The molecule has 2 aromatic rings. The summed E-state index contributed by atoms with van der Waals surface area (Å²) >= 11 is 0. The first-order valence-electron chi connectivity index (χ1n) is 10.1. The van der Waals surface area contributed by atoms with Gasteiger partial charge in [-0.15, -0.1) is 0 Å². The fourth-order valence-electron chi connectivity index (χ4n) is 4.37. The maximum Gasteiger partial charge on any atom is 0.290 e. The lowest BCUT2D eigenvalue weighted by Crippen LogP contribution is -2.68. The fourth-order valence-corrected chi connectivity index (χ4v) is 4.37. The van der Waals surface area contributed by atoms with E-state index in [1.807, 2.05) is 25.1 Å². The third kappa shape index (κ3) is 4.04. The van der Waals surface area contributed by atoms with Gasteiger partial charge in [-0.1, -0.05) is 25.0 Å². The molecular formula is C22H25N3O4. The van der Waals surface area contributed by atoms with Crippen LogP contribution in [0.5, 0.6) is 0 Å². The van der Waals surface area contributed by atoms with E-state index < -0.39 is 6.04 Å². The second-order valence-corrected chi connectivity index (χ2v) is 7.79. The highest BCUT2D eigenvalue weighted by atomic mass is 16.3. The minimum Gasteiger partial charge on any atom is -0.459 e. The summed E-state index contributed by atoms with van der Waals surface area (Å²) in [4.78, 5) is 40.3. The molecule has 0 radical (unpaired) electrons. The lowest BCUT2D eigenvalue weighted by atomic mass is 9.85. The summed E-state index contributed by atoms with van der Waals surface area (Å²) in [5.41, 5.74) is 1.70. The maximum absolute atomic E-state index is 13.2. The third-order valence-corrected chi connectivity index (χ3v) is 5.70. The van der Waals surface area contributed by atoms with Crippen LogP contribution < -0.4 is 10.6 Å². The number of piperazine rings is 1. The van der Waals surface area contributed by atoms with Crippen molar-refractivity contribution in [3.63, 3.8) is 0 Å². The van der Waals surface area contributed by atoms with Crippen molar-refractivity contribution in [3.05, 3.63) is 54.0 Å². The first-order chi connectivity index (χ1) is 14.0. The summed E-state index contributed by atoms with van der Waals surface area (Å²) in [6.07, 6.45) is 4.97. The van der Waals surface area contributed by atoms with Gasteiger partial charge in [0.2, 0.25) is 11.8 Å². The Bertz CT molecular complexity index is 909. The molecule has 7 heteroatoms. The Hall–Kier alpha value is -3.09. The van der Waals surface area contributed by atoms with E-state index >= 15 is 0 Å². The van der Waals surface area contributed by atoms with Crippen LogP contribution in [-0.4, -0.2) is 40.7 Å². The summed E-state index contributed by atoms with van der Waals surface area (Å²) in [5.74, 6) is -0.738. The molecule has 0 spiro atoms. The quantitative estimate of drug-likeness (QED) is 0.833. The molecule has 3 amide bonds. The molecule has 152 valence electrons. The second kappa shape index (κ2) is 8.11. The largest absolute Gasteiger partial charge is 0.459 e. The molecule has 1 saturated carbocycles. The average molecular weight is 395 g/mol. The Morgan fingerprint density at radius 3 is 2.79 bits per heavy atom. The summed E-state index contributed by atoms with van der Waals surface area (Å²) in [7, 11) is 0. The first-order valence-corrected chi connectivity index (χ1v) is 10.1. The number of fused-ring (bicyclic) bond motifs is 1. The number of furan rings is 1. The van der Waals surface area contributed by atoms with Crippen molar-refractivity contribution in [2.45, 2.75) is 57.2 Å². The highest BCUT2D eigenvalue weighted by molar-refractivity contribution is 6.00. The molecular weight excluding hydrogens is 370 g/mol. The molecule has 1 saturated heterocycles. The van der Waals surface area contributed by atoms with Gasteiger partial charge in [0, 0.05) is 11.7 Å². The standard InChI is InChI=1S/C22H25N3O4/c1-14-6-4-7-15(12-14)23-20(26)13-18-21(27)24-16-8-2-3-9-17(16)25(18)22(28)19-10-5-11-29-19/h4-7,10-12,16-18H,2-3,8-9,13H2,1H3,(H,23,26)(H,24,27)/t16-,17-,18-/m1/s1. The van der Waals surface area contributed by atoms with Crippen molar-refractivity contribution in [3.8, 4) is 0 Å². The predicted molar refractivity (Wildman–Crippen MR) is 107 cm³/mol. The zero-order valence-electron chi connectivity index (χ0n) is 16.4. The van der Waals surface area contributed by atoms with Gasteiger partial charge in [0.15, 0.2) is 5.76 Å².